The molecule has 7 heteroatoms. The Morgan fingerprint density at radius 3 is 2.96 bits per heavy atom. The Balaban J connectivity index is 1.70. The van der Waals surface area contributed by atoms with Gasteiger partial charge in [0.15, 0.2) is 11.6 Å². The van der Waals surface area contributed by atoms with Crippen molar-refractivity contribution in [1.29, 1.82) is 0 Å². The molecule has 0 unspecified atom stereocenters. The fourth-order valence-electron chi connectivity index (χ4n) is 3.51. The lowest BCUT2D eigenvalue weighted by atomic mass is 9.89. The van der Waals surface area contributed by atoms with Crippen molar-refractivity contribution in [3.8, 4) is 0 Å². The van der Waals surface area contributed by atoms with Crippen LogP contribution >= 0.6 is 11.3 Å². The molecule has 0 aliphatic heterocycles. The van der Waals surface area contributed by atoms with E-state index in [4.69, 9.17) is 0 Å². The van der Waals surface area contributed by atoms with Crippen LogP contribution in [-0.2, 0) is 19.4 Å². The second-order valence-electron chi connectivity index (χ2n) is 6.92. The zero-order chi connectivity index (χ0) is 18.4. The topological polar surface area (TPSA) is 55.1 Å². The van der Waals surface area contributed by atoms with E-state index in [1.165, 1.54) is 21.8 Å². The highest BCUT2D eigenvalue weighted by atomic mass is 32.1. The smallest absolute Gasteiger partial charge is 0.262 e. The number of aromatic nitrogens is 2. The van der Waals surface area contributed by atoms with E-state index in [0.29, 0.717) is 11.3 Å². The molecule has 1 aliphatic rings. The van der Waals surface area contributed by atoms with Crippen molar-refractivity contribution >= 4 is 21.6 Å². The van der Waals surface area contributed by atoms with Crippen LogP contribution in [0.1, 0.15) is 35.5 Å². The van der Waals surface area contributed by atoms with E-state index in [0.717, 1.165) is 41.8 Å². The third kappa shape index (κ3) is 2.95. The van der Waals surface area contributed by atoms with Gasteiger partial charge in [0.25, 0.3) is 5.56 Å². The lowest BCUT2D eigenvalue weighted by Gasteiger charge is -2.17. The molecular formula is C19H18F2N2O2S. The molecule has 26 heavy (non-hydrogen) atoms. The molecule has 0 bridgehead atoms. The van der Waals surface area contributed by atoms with Crippen LogP contribution in [0.25, 0.3) is 10.2 Å². The lowest BCUT2D eigenvalue weighted by molar-refractivity contribution is 0.154. The SMILES string of the molecule is C[C@@H]1CCc2c(sc3ncn(C[C@@H](O)c4ccc(F)c(F)c4)c(=O)c23)C1. The van der Waals surface area contributed by atoms with Gasteiger partial charge in [-0.3, -0.25) is 9.36 Å². The van der Waals surface area contributed by atoms with Gasteiger partial charge in [-0.1, -0.05) is 13.0 Å². The Morgan fingerprint density at radius 2 is 2.19 bits per heavy atom. The Bertz CT molecular complexity index is 1040. The Morgan fingerprint density at radius 1 is 1.38 bits per heavy atom. The van der Waals surface area contributed by atoms with Crippen molar-refractivity contribution in [2.24, 2.45) is 5.92 Å². The second kappa shape index (κ2) is 6.55. The Labute approximate surface area is 152 Å². The first kappa shape index (κ1) is 17.3. The molecule has 0 amide bonds. The number of rotatable bonds is 3. The number of hydrogen-bond donors (Lipinski definition) is 1. The fourth-order valence-corrected chi connectivity index (χ4v) is 4.85. The Hall–Kier alpha value is -2.12. The molecule has 3 aromatic rings. The highest BCUT2D eigenvalue weighted by Gasteiger charge is 2.23. The van der Waals surface area contributed by atoms with Gasteiger partial charge in [0.2, 0.25) is 0 Å². The molecule has 2 heterocycles. The lowest BCUT2D eigenvalue weighted by Crippen LogP contribution is -2.24. The van der Waals surface area contributed by atoms with Crippen molar-refractivity contribution in [1.82, 2.24) is 9.55 Å². The quantitative estimate of drug-likeness (QED) is 0.760. The molecule has 1 aliphatic carbocycles. The predicted molar refractivity (Wildman–Crippen MR) is 96.4 cm³/mol. The first-order valence-corrected chi connectivity index (χ1v) is 9.38. The highest BCUT2D eigenvalue weighted by molar-refractivity contribution is 7.18. The van der Waals surface area contributed by atoms with Gasteiger partial charge in [0, 0.05) is 4.88 Å². The van der Waals surface area contributed by atoms with Gasteiger partial charge >= 0.3 is 0 Å². The average molecular weight is 376 g/mol. The van der Waals surface area contributed by atoms with Crippen LogP contribution in [0.15, 0.2) is 29.3 Å². The second-order valence-corrected chi connectivity index (χ2v) is 8.01. The zero-order valence-corrected chi connectivity index (χ0v) is 15.0. The van der Waals surface area contributed by atoms with Crippen LogP contribution in [-0.4, -0.2) is 14.7 Å². The van der Waals surface area contributed by atoms with Crippen molar-refractivity contribution < 1.29 is 13.9 Å². The number of nitrogens with zero attached hydrogens (tertiary/aromatic N) is 2. The van der Waals surface area contributed by atoms with E-state index in [9.17, 15) is 18.7 Å². The van der Waals surface area contributed by atoms with Crippen molar-refractivity contribution in [2.45, 2.75) is 38.8 Å². The molecule has 0 saturated carbocycles. The number of aryl methyl sites for hydroxylation is 1. The van der Waals surface area contributed by atoms with E-state index < -0.39 is 17.7 Å². The summed E-state index contributed by atoms with van der Waals surface area (Å²) in [5.74, 6) is -1.39. The van der Waals surface area contributed by atoms with Gasteiger partial charge in [0.1, 0.15) is 4.83 Å². The van der Waals surface area contributed by atoms with Gasteiger partial charge in [-0.05, 0) is 48.4 Å². The van der Waals surface area contributed by atoms with E-state index in [2.05, 4.69) is 11.9 Å². The van der Waals surface area contributed by atoms with Gasteiger partial charge < -0.3 is 5.11 Å². The summed E-state index contributed by atoms with van der Waals surface area (Å²) in [4.78, 5) is 19.3. The van der Waals surface area contributed by atoms with E-state index in [1.807, 2.05) is 0 Å². The standard InChI is InChI=1S/C19H18F2N2O2S/c1-10-2-4-12-16(6-10)26-18-17(12)19(25)23(9-22-18)8-15(24)11-3-5-13(20)14(21)7-11/h3,5,7,9-10,15,24H,2,4,6,8H2,1H3/t10-,15-/m1/s1. The predicted octanol–water partition coefficient (Wildman–Crippen LogP) is 3.59. The van der Waals surface area contributed by atoms with Crippen LogP contribution in [0, 0.1) is 17.6 Å². The van der Waals surface area contributed by atoms with E-state index in [-0.39, 0.29) is 17.7 Å². The molecule has 2 atom stereocenters. The maximum absolute atomic E-state index is 13.4. The van der Waals surface area contributed by atoms with Crippen molar-refractivity contribution in [3.63, 3.8) is 0 Å². The molecular weight excluding hydrogens is 358 g/mol. The summed E-state index contributed by atoms with van der Waals surface area (Å²) >= 11 is 1.57. The summed E-state index contributed by atoms with van der Waals surface area (Å²) in [6, 6.07) is 3.23. The third-order valence-corrected chi connectivity index (χ3v) is 6.14. The number of thiophene rings is 1. The summed E-state index contributed by atoms with van der Waals surface area (Å²) in [5, 5.41) is 11.0. The maximum Gasteiger partial charge on any atom is 0.262 e. The van der Waals surface area contributed by atoms with E-state index in [1.54, 1.807) is 11.3 Å². The Kier molecular flexibility index (Phi) is 4.36. The highest BCUT2D eigenvalue weighted by Crippen LogP contribution is 2.35. The number of aliphatic hydroxyl groups excluding tert-OH is 1. The molecule has 1 aromatic carbocycles. The van der Waals surface area contributed by atoms with Crippen LogP contribution in [0.3, 0.4) is 0 Å². The van der Waals surface area contributed by atoms with Crippen molar-refractivity contribution in [2.75, 3.05) is 0 Å². The summed E-state index contributed by atoms with van der Waals surface area (Å²) in [5.41, 5.74) is 1.11. The normalized spacial score (nSPS) is 18.1. The van der Waals surface area contributed by atoms with Crippen LogP contribution in [0.2, 0.25) is 0 Å². The number of halogens is 2. The molecule has 1 N–H and O–H groups in total. The average Bonchev–Trinajstić information content (AvgIpc) is 2.97. The molecule has 0 radical (unpaired) electrons. The third-order valence-electron chi connectivity index (χ3n) is 4.98. The van der Waals surface area contributed by atoms with Crippen LogP contribution < -0.4 is 5.56 Å². The van der Waals surface area contributed by atoms with Crippen LogP contribution in [0.4, 0.5) is 8.78 Å². The molecule has 0 spiro atoms. The summed E-state index contributed by atoms with van der Waals surface area (Å²) in [6.07, 6.45) is 3.16. The van der Waals surface area contributed by atoms with Gasteiger partial charge in [-0.25, -0.2) is 13.8 Å². The summed E-state index contributed by atoms with van der Waals surface area (Å²) in [7, 11) is 0. The first-order valence-electron chi connectivity index (χ1n) is 8.56. The largest absolute Gasteiger partial charge is 0.387 e. The van der Waals surface area contributed by atoms with Crippen molar-refractivity contribution in [3.05, 3.63) is 62.5 Å². The molecule has 4 nitrogen and oxygen atoms in total. The maximum atomic E-state index is 13.4. The van der Waals surface area contributed by atoms with E-state index >= 15 is 0 Å². The molecule has 4 rings (SSSR count). The summed E-state index contributed by atoms with van der Waals surface area (Å²) in [6.45, 7) is 2.14. The van der Waals surface area contributed by atoms with Gasteiger partial charge in [0.05, 0.1) is 24.4 Å². The summed E-state index contributed by atoms with van der Waals surface area (Å²) < 4.78 is 27.8. The minimum Gasteiger partial charge on any atom is -0.387 e. The number of aliphatic hydroxyl groups is 1. The number of hydrogen-bond acceptors (Lipinski definition) is 4. The van der Waals surface area contributed by atoms with Gasteiger partial charge in [-0.15, -0.1) is 11.3 Å². The fraction of sp³-hybridized carbons (Fsp3) is 0.368. The molecule has 2 aromatic heterocycles. The minimum atomic E-state index is -1.13. The minimum absolute atomic E-state index is 0.0616. The molecule has 136 valence electrons. The monoisotopic (exact) mass is 376 g/mol. The van der Waals surface area contributed by atoms with Gasteiger partial charge in [-0.2, -0.15) is 0 Å². The first-order chi connectivity index (χ1) is 12.4. The number of fused-ring (bicyclic) bond motifs is 3. The molecule has 0 saturated heterocycles. The van der Waals surface area contributed by atoms with Crippen LogP contribution in [0.5, 0.6) is 0 Å². The zero-order valence-electron chi connectivity index (χ0n) is 14.2. The number of benzene rings is 1. The molecule has 0 fully saturated rings.